The predicted octanol–water partition coefficient (Wildman–Crippen LogP) is 3.26. The van der Waals surface area contributed by atoms with Gasteiger partial charge in [-0.05, 0) is 42.8 Å². The summed E-state index contributed by atoms with van der Waals surface area (Å²) >= 11 is 0. The smallest absolute Gasteiger partial charge is 0.255 e. The van der Waals surface area contributed by atoms with Crippen LogP contribution in [0, 0.1) is 0 Å². The average molecular weight is 368 g/mol. The number of rotatable bonds is 7. The van der Waals surface area contributed by atoms with E-state index in [1.165, 1.54) is 0 Å². The van der Waals surface area contributed by atoms with Crippen molar-refractivity contribution in [2.75, 3.05) is 50.1 Å². The molecule has 1 N–H and O–H groups in total. The Labute approximate surface area is 161 Å². The first kappa shape index (κ1) is 19.0. The van der Waals surface area contributed by atoms with Gasteiger partial charge in [0.1, 0.15) is 11.6 Å². The molecule has 1 fully saturated rings. The Morgan fingerprint density at radius 1 is 1.11 bits per heavy atom. The van der Waals surface area contributed by atoms with Gasteiger partial charge < -0.3 is 19.9 Å². The molecule has 6 heteroatoms. The Morgan fingerprint density at radius 2 is 1.85 bits per heavy atom. The minimum atomic E-state index is 0.0528. The van der Waals surface area contributed by atoms with Crippen molar-refractivity contribution in [1.82, 2.24) is 9.88 Å². The zero-order valence-corrected chi connectivity index (χ0v) is 16.1. The van der Waals surface area contributed by atoms with Crippen LogP contribution < -0.4 is 15.0 Å². The predicted molar refractivity (Wildman–Crippen MR) is 109 cm³/mol. The van der Waals surface area contributed by atoms with Crippen LogP contribution in [-0.4, -0.2) is 55.6 Å². The minimum absolute atomic E-state index is 0.0528. The van der Waals surface area contributed by atoms with E-state index in [1.54, 1.807) is 13.3 Å². The Morgan fingerprint density at radius 3 is 2.44 bits per heavy atom. The quantitative estimate of drug-likeness (QED) is 0.760. The first-order valence-electron chi connectivity index (χ1n) is 9.59. The van der Waals surface area contributed by atoms with E-state index in [9.17, 15) is 4.79 Å². The van der Waals surface area contributed by atoms with Gasteiger partial charge in [-0.25, -0.2) is 4.98 Å². The van der Waals surface area contributed by atoms with Crippen LogP contribution in [0.25, 0.3) is 0 Å². The summed E-state index contributed by atoms with van der Waals surface area (Å²) < 4.78 is 5.21. The second kappa shape index (κ2) is 9.26. The molecular weight excluding hydrogens is 340 g/mol. The van der Waals surface area contributed by atoms with Crippen LogP contribution in [0.5, 0.6) is 5.75 Å². The lowest BCUT2D eigenvalue weighted by Crippen LogP contribution is -2.48. The Balaban J connectivity index is 1.53. The minimum Gasteiger partial charge on any atom is -0.497 e. The Hall–Kier alpha value is -2.76. The molecule has 1 aromatic carbocycles. The van der Waals surface area contributed by atoms with Gasteiger partial charge in [0.15, 0.2) is 0 Å². The third kappa shape index (κ3) is 4.90. The molecule has 1 amide bonds. The number of carbonyl (C=O) groups excluding carboxylic acids is 1. The number of nitrogens with one attached hydrogen (secondary N) is 1. The van der Waals surface area contributed by atoms with E-state index in [0.29, 0.717) is 18.7 Å². The highest BCUT2D eigenvalue weighted by atomic mass is 16.5. The number of pyridine rings is 1. The van der Waals surface area contributed by atoms with Crippen molar-refractivity contribution in [1.29, 1.82) is 0 Å². The SMILES string of the molecule is CCCCNc1ccc(C(=O)N2CCN(c3ccc(OC)cc3)CC2)cn1. The molecular formula is C21H28N4O2. The fourth-order valence-electron chi connectivity index (χ4n) is 3.16. The number of hydrogen-bond acceptors (Lipinski definition) is 5. The summed E-state index contributed by atoms with van der Waals surface area (Å²) in [5.74, 6) is 1.73. The molecule has 2 aromatic rings. The summed E-state index contributed by atoms with van der Waals surface area (Å²) in [5.41, 5.74) is 1.81. The molecule has 0 spiro atoms. The van der Waals surface area contributed by atoms with Gasteiger partial charge in [-0.2, -0.15) is 0 Å². The van der Waals surface area contributed by atoms with E-state index in [0.717, 1.165) is 49.7 Å². The lowest BCUT2D eigenvalue weighted by molar-refractivity contribution is 0.0746. The van der Waals surface area contributed by atoms with E-state index in [1.807, 2.05) is 29.2 Å². The summed E-state index contributed by atoms with van der Waals surface area (Å²) in [7, 11) is 1.67. The number of amides is 1. The molecule has 1 aromatic heterocycles. The second-order valence-corrected chi connectivity index (χ2v) is 6.69. The number of methoxy groups -OCH3 is 1. The number of unbranched alkanes of at least 4 members (excludes halogenated alkanes) is 1. The molecule has 1 aliphatic rings. The van der Waals surface area contributed by atoms with Crippen LogP contribution in [0.1, 0.15) is 30.1 Å². The summed E-state index contributed by atoms with van der Waals surface area (Å²) in [6, 6.07) is 11.8. The lowest BCUT2D eigenvalue weighted by atomic mass is 10.2. The zero-order valence-electron chi connectivity index (χ0n) is 16.1. The topological polar surface area (TPSA) is 57.7 Å². The monoisotopic (exact) mass is 368 g/mol. The first-order chi connectivity index (χ1) is 13.2. The maximum absolute atomic E-state index is 12.7. The number of benzene rings is 1. The van der Waals surface area contributed by atoms with Crippen LogP contribution in [0.2, 0.25) is 0 Å². The summed E-state index contributed by atoms with van der Waals surface area (Å²) in [5, 5.41) is 3.27. The standard InChI is InChI=1S/C21H28N4O2/c1-3-4-11-22-20-10-5-17(16-23-20)21(26)25-14-12-24(13-15-25)18-6-8-19(27-2)9-7-18/h5-10,16H,3-4,11-15H2,1-2H3,(H,22,23). The van der Waals surface area contributed by atoms with Gasteiger partial charge in [-0.1, -0.05) is 13.3 Å². The molecule has 6 nitrogen and oxygen atoms in total. The number of nitrogens with zero attached hydrogens (tertiary/aromatic N) is 3. The van der Waals surface area contributed by atoms with Crippen LogP contribution in [0.3, 0.4) is 0 Å². The molecule has 3 rings (SSSR count). The third-order valence-electron chi connectivity index (χ3n) is 4.85. The Kier molecular flexibility index (Phi) is 6.52. The van der Waals surface area contributed by atoms with Crippen molar-refractivity contribution < 1.29 is 9.53 Å². The van der Waals surface area contributed by atoms with E-state index in [4.69, 9.17) is 4.74 Å². The van der Waals surface area contributed by atoms with Crippen LogP contribution in [-0.2, 0) is 0 Å². The molecule has 0 saturated carbocycles. The van der Waals surface area contributed by atoms with Gasteiger partial charge in [-0.15, -0.1) is 0 Å². The number of hydrogen-bond donors (Lipinski definition) is 1. The fourth-order valence-corrected chi connectivity index (χ4v) is 3.16. The maximum Gasteiger partial charge on any atom is 0.255 e. The van der Waals surface area contributed by atoms with Crippen molar-refractivity contribution in [3.8, 4) is 5.75 Å². The molecule has 0 unspecified atom stereocenters. The summed E-state index contributed by atoms with van der Waals surface area (Å²) in [6.45, 7) is 6.13. The highest BCUT2D eigenvalue weighted by Crippen LogP contribution is 2.21. The molecule has 0 atom stereocenters. The molecule has 27 heavy (non-hydrogen) atoms. The zero-order chi connectivity index (χ0) is 19.1. The van der Waals surface area contributed by atoms with Crippen LogP contribution >= 0.6 is 0 Å². The largest absolute Gasteiger partial charge is 0.497 e. The van der Waals surface area contributed by atoms with Crippen molar-refractivity contribution in [3.05, 3.63) is 48.2 Å². The van der Waals surface area contributed by atoms with Gasteiger partial charge in [0, 0.05) is 44.6 Å². The van der Waals surface area contributed by atoms with Gasteiger partial charge in [-0.3, -0.25) is 4.79 Å². The van der Waals surface area contributed by atoms with E-state index < -0.39 is 0 Å². The Bertz CT molecular complexity index is 723. The number of ether oxygens (including phenoxy) is 1. The van der Waals surface area contributed by atoms with Crippen LogP contribution in [0.15, 0.2) is 42.6 Å². The second-order valence-electron chi connectivity index (χ2n) is 6.69. The molecule has 1 saturated heterocycles. The summed E-state index contributed by atoms with van der Waals surface area (Å²) in [4.78, 5) is 21.3. The normalized spacial score (nSPS) is 14.1. The molecule has 0 radical (unpaired) electrons. The number of aromatic nitrogens is 1. The highest BCUT2D eigenvalue weighted by Gasteiger charge is 2.22. The van der Waals surface area contributed by atoms with Gasteiger partial charge in [0.25, 0.3) is 5.91 Å². The fraction of sp³-hybridized carbons (Fsp3) is 0.429. The molecule has 144 valence electrons. The van der Waals surface area contributed by atoms with Gasteiger partial charge >= 0.3 is 0 Å². The highest BCUT2D eigenvalue weighted by molar-refractivity contribution is 5.94. The van der Waals surface area contributed by atoms with Gasteiger partial charge in [0.2, 0.25) is 0 Å². The average Bonchev–Trinajstić information content (AvgIpc) is 2.74. The van der Waals surface area contributed by atoms with Crippen molar-refractivity contribution in [2.24, 2.45) is 0 Å². The van der Waals surface area contributed by atoms with E-state index in [-0.39, 0.29) is 5.91 Å². The number of piperazine rings is 1. The summed E-state index contributed by atoms with van der Waals surface area (Å²) in [6.07, 6.45) is 3.93. The van der Waals surface area contributed by atoms with E-state index in [2.05, 4.69) is 34.3 Å². The number of carbonyl (C=O) groups is 1. The molecule has 1 aliphatic heterocycles. The molecule has 0 bridgehead atoms. The van der Waals surface area contributed by atoms with Crippen molar-refractivity contribution >= 4 is 17.4 Å². The lowest BCUT2D eigenvalue weighted by Gasteiger charge is -2.36. The van der Waals surface area contributed by atoms with Gasteiger partial charge in [0.05, 0.1) is 12.7 Å². The molecule has 0 aliphatic carbocycles. The maximum atomic E-state index is 12.7. The van der Waals surface area contributed by atoms with E-state index >= 15 is 0 Å². The first-order valence-corrected chi connectivity index (χ1v) is 9.59. The van der Waals surface area contributed by atoms with Crippen LogP contribution in [0.4, 0.5) is 11.5 Å². The van der Waals surface area contributed by atoms with Crippen molar-refractivity contribution in [3.63, 3.8) is 0 Å². The number of anilines is 2. The van der Waals surface area contributed by atoms with Crippen molar-refractivity contribution in [2.45, 2.75) is 19.8 Å². The third-order valence-corrected chi connectivity index (χ3v) is 4.85. The molecule has 2 heterocycles.